The third kappa shape index (κ3) is 2.17. The summed E-state index contributed by atoms with van der Waals surface area (Å²) in [7, 11) is 0. The number of halogens is 1. The van der Waals surface area contributed by atoms with Crippen LogP contribution in [0.3, 0.4) is 0 Å². The molecular weight excluding hydrogens is 195 g/mol. The third-order valence-electron chi connectivity index (χ3n) is 2.72. The van der Waals surface area contributed by atoms with Gasteiger partial charge in [-0.1, -0.05) is 13.0 Å². The molecule has 0 aliphatic heterocycles. The quantitative estimate of drug-likeness (QED) is 0.832. The van der Waals surface area contributed by atoms with Crippen molar-refractivity contribution in [1.29, 1.82) is 0 Å². The van der Waals surface area contributed by atoms with E-state index in [1.54, 1.807) is 19.9 Å². The number of hydrogen-bond acceptors (Lipinski definition) is 1. The van der Waals surface area contributed by atoms with E-state index >= 15 is 0 Å². The van der Waals surface area contributed by atoms with Crippen LogP contribution in [0.2, 0.25) is 0 Å². The van der Waals surface area contributed by atoms with E-state index in [2.05, 4.69) is 0 Å². The zero-order chi connectivity index (χ0) is 11.6. The highest BCUT2D eigenvalue weighted by molar-refractivity contribution is 5.77. The Morgan fingerprint density at radius 3 is 2.53 bits per heavy atom. The van der Waals surface area contributed by atoms with Gasteiger partial charge in [-0.25, -0.2) is 4.39 Å². The van der Waals surface area contributed by atoms with Crippen molar-refractivity contribution in [3.63, 3.8) is 0 Å². The Bertz CT molecular complexity index is 385. The van der Waals surface area contributed by atoms with Crippen LogP contribution in [-0.4, -0.2) is 11.1 Å². The Balaban J connectivity index is 3.34. The summed E-state index contributed by atoms with van der Waals surface area (Å²) in [5.41, 5.74) is 1.90. The van der Waals surface area contributed by atoms with Crippen LogP contribution >= 0.6 is 0 Å². The summed E-state index contributed by atoms with van der Waals surface area (Å²) in [6, 6.07) is 3.01. The zero-order valence-electron chi connectivity index (χ0n) is 9.17. The molecule has 0 amide bonds. The van der Waals surface area contributed by atoms with Crippen molar-refractivity contribution in [2.24, 2.45) is 0 Å². The monoisotopic (exact) mass is 210 g/mol. The average molecular weight is 210 g/mol. The van der Waals surface area contributed by atoms with Gasteiger partial charge in [-0.15, -0.1) is 0 Å². The summed E-state index contributed by atoms with van der Waals surface area (Å²) in [5, 5.41) is 9.04. The van der Waals surface area contributed by atoms with Crippen LogP contribution in [0.1, 0.15) is 36.0 Å². The first-order valence-electron chi connectivity index (χ1n) is 4.97. The second kappa shape index (κ2) is 4.43. The molecule has 1 N–H and O–H groups in total. The lowest BCUT2D eigenvalue weighted by molar-refractivity contribution is -0.138. The van der Waals surface area contributed by atoms with Crippen LogP contribution in [0, 0.1) is 19.7 Å². The first-order valence-corrected chi connectivity index (χ1v) is 4.97. The maximum Gasteiger partial charge on any atom is 0.310 e. The third-order valence-corrected chi connectivity index (χ3v) is 2.72. The molecule has 1 aromatic carbocycles. The van der Waals surface area contributed by atoms with Gasteiger partial charge in [0.1, 0.15) is 5.82 Å². The van der Waals surface area contributed by atoms with E-state index in [1.165, 1.54) is 6.07 Å². The molecule has 3 heteroatoms. The van der Waals surface area contributed by atoms with Crippen LogP contribution in [0.4, 0.5) is 4.39 Å². The molecule has 0 spiro atoms. The highest BCUT2D eigenvalue weighted by atomic mass is 19.1. The van der Waals surface area contributed by atoms with Gasteiger partial charge in [0.05, 0.1) is 5.92 Å². The van der Waals surface area contributed by atoms with Crippen molar-refractivity contribution in [2.75, 3.05) is 0 Å². The topological polar surface area (TPSA) is 37.3 Å². The van der Waals surface area contributed by atoms with Crippen molar-refractivity contribution < 1.29 is 14.3 Å². The molecule has 0 aliphatic carbocycles. The largest absolute Gasteiger partial charge is 0.481 e. The molecule has 0 bridgehead atoms. The molecule has 0 saturated heterocycles. The highest BCUT2D eigenvalue weighted by Gasteiger charge is 2.22. The van der Waals surface area contributed by atoms with Gasteiger partial charge >= 0.3 is 5.97 Å². The summed E-state index contributed by atoms with van der Waals surface area (Å²) >= 11 is 0. The Kier molecular flexibility index (Phi) is 3.45. The molecule has 0 aromatic heterocycles. The standard InChI is InChI=1S/C12H15FO2/c1-4-9(12(14)15)11-7(2)5-6-10(13)8(11)3/h5-6,9H,4H2,1-3H3,(H,14,15). The Morgan fingerprint density at radius 1 is 1.47 bits per heavy atom. The molecule has 15 heavy (non-hydrogen) atoms. The highest BCUT2D eigenvalue weighted by Crippen LogP contribution is 2.28. The lowest BCUT2D eigenvalue weighted by Crippen LogP contribution is -2.14. The number of carbonyl (C=O) groups is 1. The number of hydrogen-bond donors (Lipinski definition) is 1. The second-order valence-electron chi connectivity index (χ2n) is 3.70. The van der Waals surface area contributed by atoms with Gasteiger partial charge < -0.3 is 5.11 Å². The molecule has 0 fully saturated rings. The molecular formula is C12H15FO2. The van der Waals surface area contributed by atoms with Gasteiger partial charge in [0.2, 0.25) is 0 Å². The smallest absolute Gasteiger partial charge is 0.310 e. The fraction of sp³-hybridized carbons (Fsp3) is 0.417. The predicted octanol–water partition coefficient (Wildman–Crippen LogP) is 3.02. The minimum absolute atomic E-state index is 0.338. The molecule has 1 unspecified atom stereocenters. The number of aryl methyl sites for hydroxylation is 1. The first-order chi connectivity index (χ1) is 6.99. The Morgan fingerprint density at radius 2 is 2.07 bits per heavy atom. The van der Waals surface area contributed by atoms with Crippen molar-refractivity contribution >= 4 is 5.97 Å². The van der Waals surface area contributed by atoms with Crippen LogP contribution in [0.25, 0.3) is 0 Å². The van der Waals surface area contributed by atoms with Gasteiger partial charge in [-0.2, -0.15) is 0 Å². The van der Waals surface area contributed by atoms with Crippen LogP contribution in [0.5, 0.6) is 0 Å². The van der Waals surface area contributed by atoms with Gasteiger partial charge in [0, 0.05) is 0 Å². The molecule has 82 valence electrons. The van der Waals surface area contributed by atoms with E-state index in [0.29, 0.717) is 17.5 Å². The molecule has 1 aromatic rings. The van der Waals surface area contributed by atoms with E-state index in [1.807, 2.05) is 6.92 Å². The fourth-order valence-corrected chi connectivity index (χ4v) is 1.88. The maximum atomic E-state index is 13.3. The number of rotatable bonds is 3. The summed E-state index contributed by atoms with van der Waals surface area (Å²) in [4.78, 5) is 11.0. The van der Waals surface area contributed by atoms with Crippen LogP contribution in [-0.2, 0) is 4.79 Å². The zero-order valence-corrected chi connectivity index (χ0v) is 9.17. The SMILES string of the molecule is CCC(C(=O)O)c1c(C)ccc(F)c1C. The normalized spacial score (nSPS) is 12.5. The number of benzene rings is 1. The first kappa shape index (κ1) is 11.7. The lowest BCUT2D eigenvalue weighted by Gasteiger charge is -2.16. The molecule has 1 atom stereocenters. The van der Waals surface area contributed by atoms with Crippen molar-refractivity contribution in [3.8, 4) is 0 Å². The minimum Gasteiger partial charge on any atom is -0.481 e. The van der Waals surface area contributed by atoms with E-state index in [0.717, 1.165) is 5.56 Å². The number of carboxylic acids is 1. The molecule has 0 radical (unpaired) electrons. The van der Waals surface area contributed by atoms with Gasteiger partial charge in [0.25, 0.3) is 0 Å². The van der Waals surface area contributed by atoms with E-state index in [9.17, 15) is 9.18 Å². The number of aliphatic carboxylic acids is 1. The van der Waals surface area contributed by atoms with Crippen molar-refractivity contribution in [2.45, 2.75) is 33.1 Å². The molecule has 1 rings (SSSR count). The summed E-state index contributed by atoms with van der Waals surface area (Å²) in [6.45, 7) is 5.24. The van der Waals surface area contributed by atoms with Gasteiger partial charge in [-0.05, 0) is 43.0 Å². The molecule has 0 heterocycles. The fourth-order valence-electron chi connectivity index (χ4n) is 1.88. The summed E-state index contributed by atoms with van der Waals surface area (Å²) < 4.78 is 13.3. The summed E-state index contributed by atoms with van der Waals surface area (Å²) in [5.74, 6) is -1.84. The average Bonchev–Trinajstić information content (AvgIpc) is 2.18. The maximum absolute atomic E-state index is 13.3. The summed E-state index contributed by atoms with van der Waals surface area (Å²) in [6.07, 6.45) is 0.473. The van der Waals surface area contributed by atoms with Crippen LogP contribution in [0.15, 0.2) is 12.1 Å². The van der Waals surface area contributed by atoms with Crippen molar-refractivity contribution in [3.05, 3.63) is 34.6 Å². The van der Waals surface area contributed by atoms with E-state index in [4.69, 9.17) is 5.11 Å². The molecule has 2 nitrogen and oxygen atoms in total. The Labute approximate surface area is 88.7 Å². The number of carboxylic acid groups (broad SMARTS) is 1. The van der Waals surface area contributed by atoms with E-state index in [-0.39, 0.29) is 5.82 Å². The predicted molar refractivity (Wildman–Crippen MR) is 56.5 cm³/mol. The molecule has 0 saturated carbocycles. The van der Waals surface area contributed by atoms with Crippen molar-refractivity contribution in [1.82, 2.24) is 0 Å². The van der Waals surface area contributed by atoms with E-state index < -0.39 is 11.9 Å². The van der Waals surface area contributed by atoms with Crippen LogP contribution < -0.4 is 0 Å². The second-order valence-corrected chi connectivity index (χ2v) is 3.70. The van der Waals surface area contributed by atoms with Gasteiger partial charge in [-0.3, -0.25) is 4.79 Å². The molecule has 0 aliphatic rings. The van der Waals surface area contributed by atoms with Gasteiger partial charge in [0.15, 0.2) is 0 Å². The Hall–Kier alpha value is -1.38. The lowest BCUT2D eigenvalue weighted by atomic mass is 9.89. The minimum atomic E-state index is -0.894.